The maximum atomic E-state index is 13.8. The smallest absolute Gasteiger partial charge is 0.256 e. The summed E-state index contributed by atoms with van der Waals surface area (Å²) in [5, 5.41) is 0. The number of benzene rings is 1. The largest absolute Gasteiger partial charge is 0.366 e. The standard InChI is InChI=1S/C16H16FN3OS/c17-13-5-1-2-6-14(13)19-8-10-20(11-9-19)16(21)12-4-3-7-18-15(12)22/h1-7H,8-11H2,(H,18,22). The molecule has 0 bridgehead atoms. The van der Waals surface area contributed by atoms with E-state index in [1.54, 1.807) is 35.4 Å². The fourth-order valence-corrected chi connectivity index (χ4v) is 2.84. The van der Waals surface area contributed by atoms with Gasteiger partial charge in [0.15, 0.2) is 0 Å². The normalized spacial score (nSPS) is 15.0. The van der Waals surface area contributed by atoms with E-state index in [0.717, 1.165) is 0 Å². The highest BCUT2D eigenvalue weighted by Crippen LogP contribution is 2.20. The molecule has 1 amide bonds. The molecule has 114 valence electrons. The predicted molar refractivity (Wildman–Crippen MR) is 86.1 cm³/mol. The van der Waals surface area contributed by atoms with E-state index in [1.165, 1.54) is 6.07 Å². The minimum absolute atomic E-state index is 0.0740. The van der Waals surface area contributed by atoms with Crippen LogP contribution in [0.3, 0.4) is 0 Å². The monoisotopic (exact) mass is 317 g/mol. The van der Waals surface area contributed by atoms with Crippen molar-refractivity contribution in [1.29, 1.82) is 0 Å². The van der Waals surface area contributed by atoms with Crippen molar-refractivity contribution in [3.63, 3.8) is 0 Å². The van der Waals surface area contributed by atoms with Crippen molar-refractivity contribution in [2.75, 3.05) is 31.1 Å². The molecule has 0 unspecified atom stereocenters. The third kappa shape index (κ3) is 2.87. The quantitative estimate of drug-likeness (QED) is 0.866. The van der Waals surface area contributed by atoms with Gasteiger partial charge in [0, 0.05) is 32.4 Å². The van der Waals surface area contributed by atoms with Crippen molar-refractivity contribution in [3.8, 4) is 0 Å². The van der Waals surface area contributed by atoms with Gasteiger partial charge in [-0.1, -0.05) is 24.4 Å². The van der Waals surface area contributed by atoms with E-state index >= 15 is 0 Å². The molecule has 0 saturated carbocycles. The zero-order chi connectivity index (χ0) is 15.5. The Balaban J connectivity index is 1.70. The van der Waals surface area contributed by atoms with Gasteiger partial charge in [0.2, 0.25) is 0 Å². The Morgan fingerprint density at radius 2 is 1.82 bits per heavy atom. The summed E-state index contributed by atoms with van der Waals surface area (Å²) in [6.07, 6.45) is 1.70. The fourth-order valence-electron chi connectivity index (χ4n) is 2.62. The van der Waals surface area contributed by atoms with Crippen LogP contribution in [0.15, 0.2) is 42.6 Å². The molecular weight excluding hydrogens is 301 g/mol. The van der Waals surface area contributed by atoms with E-state index in [-0.39, 0.29) is 11.7 Å². The second kappa shape index (κ2) is 6.27. The van der Waals surface area contributed by atoms with Crippen LogP contribution in [0, 0.1) is 10.5 Å². The summed E-state index contributed by atoms with van der Waals surface area (Å²) in [6.45, 7) is 2.32. The molecule has 0 aliphatic carbocycles. The summed E-state index contributed by atoms with van der Waals surface area (Å²) in [5.74, 6) is -0.303. The first-order chi connectivity index (χ1) is 10.7. The predicted octanol–water partition coefficient (Wildman–Crippen LogP) is 2.85. The number of hydrogen-bond donors (Lipinski definition) is 1. The first-order valence-corrected chi connectivity index (χ1v) is 7.54. The number of anilines is 1. The van der Waals surface area contributed by atoms with Crippen LogP contribution < -0.4 is 4.90 Å². The number of H-pyrrole nitrogens is 1. The lowest BCUT2D eigenvalue weighted by atomic mass is 10.2. The number of aromatic nitrogens is 1. The van der Waals surface area contributed by atoms with Gasteiger partial charge >= 0.3 is 0 Å². The van der Waals surface area contributed by atoms with Crippen LogP contribution in [0.5, 0.6) is 0 Å². The van der Waals surface area contributed by atoms with Crippen LogP contribution >= 0.6 is 12.2 Å². The second-order valence-corrected chi connectivity index (χ2v) is 5.55. The Hall–Kier alpha value is -2.21. The number of nitrogens with zero attached hydrogens (tertiary/aromatic N) is 2. The minimum atomic E-state index is -0.229. The molecule has 1 N–H and O–H groups in total. The fraction of sp³-hybridized carbons (Fsp3) is 0.250. The minimum Gasteiger partial charge on any atom is -0.366 e. The highest BCUT2D eigenvalue weighted by atomic mass is 32.1. The molecule has 0 spiro atoms. The number of aromatic amines is 1. The van der Waals surface area contributed by atoms with Gasteiger partial charge in [-0.3, -0.25) is 4.79 Å². The van der Waals surface area contributed by atoms with Crippen LogP contribution in [-0.2, 0) is 0 Å². The molecular formula is C16H16FN3OS. The summed E-state index contributed by atoms with van der Waals surface area (Å²) in [6, 6.07) is 10.2. The number of carbonyl (C=O) groups excluding carboxylic acids is 1. The van der Waals surface area contributed by atoms with Crippen LogP contribution in [0.4, 0.5) is 10.1 Å². The zero-order valence-electron chi connectivity index (χ0n) is 12.0. The lowest BCUT2D eigenvalue weighted by Gasteiger charge is -2.36. The van der Waals surface area contributed by atoms with Crippen molar-refractivity contribution in [3.05, 3.63) is 58.6 Å². The molecule has 22 heavy (non-hydrogen) atoms. The van der Waals surface area contributed by atoms with Crippen LogP contribution in [0.25, 0.3) is 0 Å². The van der Waals surface area contributed by atoms with Gasteiger partial charge in [-0.15, -0.1) is 0 Å². The summed E-state index contributed by atoms with van der Waals surface area (Å²) in [5.41, 5.74) is 1.10. The molecule has 1 saturated heterocycles. The number of pyridine rings is 1. The van der Waals surface area contributed by atoms with Crippen molar-refractivity contribution >= 4 is 23.8 Å². The number of halogens is 1. The molecule has 6 heteroatoms. The van der Waals surface area contributed by atoms with Crippen molar-refractivity contribution < 1.29 is 9.18 Å². The van der Waals surface area contributed by atoms with E-state index in [2.05, 4.69) is 4.98 Å². The van der Waals surface area contributed by atoms with Gasteiger partial charge in [-0.2, -0.15) is 0 Å². The summed E-state index contributed by atoms with van der Waals surface area (Å²) < 4.78 is 14.3. The average molecular weight is 317 g/mol. The van der Waals surface area contributed by atoms with E-state index in [4.69, 9.17) is 12.2 Å². The van der Waals surface area contributed by atoms with E-state index in [9.17, 15) is 9.18 Å². The Morgan fingerprint density at radius 1 is 1.09 bits per heavy atom. The number of piperazine rings is 1. The molecule has 1 fully saturated rings. The number of amides is 1. The van der Waals surface area contributed by atoms with Crippen molar-refractivity contribution in [2.24, 2.45) is 0 Å². The Labute approximate surface area is 133 Å². The number of nitrogens with one attached hydrogen (secondary N) is 1. The number of carbonyl (C=O) groups is 1. The average Bonchev–Trinajstić information content (AvgIpc) is 2.55. The van der Waals surface area contributed by atoms with Crippen LogP contribution in [0.2, 0.25) is 0 Å². The van der Waals surface area contributed by atoms with Gasteiger partial charge in [-0.05, 0) is 24.3 Å². The maximum Gasteiger partial charge on any atom is 0.256 e. The molecule has 4 nitrogen and oxygen atoms in total. The highest BCUT2D eigenvalue weighted by molar-refractivity contribution is 7.71. The lowest BCUT2D eigenvalue weighted by molar-refractivity contribution is 0.0745. The molecule has 1 aromatic carbocycles. The zero-order valence-corrected chi connectivity index (χ0v) is 12.8. The Morgan fingerprint density at radius 3 is 2.50 bits per heavy atom. The number of para-hydroxylation sites is 1. The van der Waals surface area contributed by atoms with Gasteiger partial charge in [0.1, 0.15) is 10.5 Å². The number of rotatable bonds is 2. The van der Waals surface area contributed by atoms with Crippen molar-refractivity contribution in [2.45, 2.75) is 0 Å². The van der Waals surface area contributed by atoms with Gasteiger partial charge < -0.3 is 14.8 Å². The van der Waals surface area contributed by atoms with Crippen LogP contribution in [-0.4, -0.2) is 42.0 Å². The lowest BCUT2D eigenvalue weighted by Crippen LogP contribution is -2.49. The summed E-state index contributed by atoms with van der Waals surface area (Å²) in [4.78, 5) is 19.1. The molecule has 2 aromatic rings. The molecule has 3 rings (SSSR count). The summed E-state index contributed by atoms with van der Waals surface area (Å²) in [7, 11) is 0. The molecule has 1 aromatic heterocycles. The van der Waals surface area contributed by atoms with Gasteiger partial charge in [0.25, 0.3) is 5.91 Å². The van der Waals surface area contributed by atoms with E-state index < -0.39 is 0 Å². The Bertz CT molecular complexity index is 738. The van der Waals surface area contributed by atoms with Gasteiger partial charge in [-0.25, -0.2) is 4.39 Å². The first kappa shape index (κ1) is 14.7. The SMILES string of the molecule is O=C(c1ccc[nH]c1=S)N1CCN(c2ccccc2F)CC1. The topological polar surface area (TPSA) is 39.3 Å². The second-order valence-electron chi connectivity index (χ2n) is 5.14. The number of hydrogen-bond acceptors (Lipinski definition) is 3. The third-order valence-corrected chi connectivity index (χ3v) is 4.15. The molecule has 2 heterocycles. The van der Waals surface area contributed by atoms with Crippen LogP contribution in [0.1, 0.15) is 10.4 Å². The summed E-state index contributed by atoms with van der Waals surface area (Å²) >= 11 is 5.15. The Kier molecular flexibility index (Phi) is 4.20. The molecule has 1 aliphatic heterocycles. The molecule has 0 atom stereocenters. The third-order valence-electron chi connectivity index (χ3n) is 3.81. The molecule has 0 radical (unpaired) electrons. The van der Waals surface area contributed by atoms with Crippen molar-refractivity contribution in [1.82, 2.24) is 9.88 Å². The van der Waals surface area contributed by atoms with E-state index in [0.29, 0.717) is 42.1 Å². The first-order valence-electron chi connectivity index (χ1n) is 7.13. The molecule has 1 aliphatic rings. The van der Waals surface area contributed by atoms with Gasteiger partial charge in [0.05, 0.1) is 11.3 Å². The highest BCUT2D eigenvalue weighted by Gasteiger charge is 2.24. The maximum absolute atomic E-state index is 13.8. The van der Waals surface area contributed by atoms with E-state index in [1.807, 2.05) is 11.0 Å².